The Kier molecular flexibility index (Phi) is 6.11. The van der Waals surface area contributed by atoms with Crippen LogP contribution in [0.15, 0.2) is 48.8 Å². The van der Waals surface area contributed by atoms with Gasteiger partial charge in [0.2, 0.25) is 11.8 Å². The lowest BCUT2D eigenvalue weighted by molar-refractivity contribution is 0.177. The normalized spacial score (nSPS) is 16.7. The molecule has 1 aromatic carbocycles. The predicted molar refractivity (Wildman–Crippen MR) is 115 cm³/mol. The zero-order chi connectivity index (χ0) is 22.7. The molecule has 2 atom stereocenters. The third kappa shape index (κ3) is 4.74. The molecule has 0 aliphatic carbocycles. The number of cyclic esters (lactones) is 1. The summed E-state index contributed by atoms with van der Waals surface area (Å²) in [4.78, 5) is 31.2. The third-order valence-electron chi connectivity index (χ3n) is 4.98. The number of rotatable bonds is 7. The predicted octanol–water partition coefficient (Wildman–Crippen LogP) is 4.35. The molecular weight excluding hydrogens is 415 g/mol. The average Bonchev–Trinajstić information content (AvgIpc) is 3.17. The van der Waals surface area contributed by atoms with E-state index >= 15 is 0 Å². The van der Waals surface area contributed by atoms with E-state index in [1.807, 2.05) is 20.8 Å². The van der Waals surface area contributed by atoms with Crippen LogP contribution >= 0.6 is 0 Å². The zero-order valence-corrected chi connectivity index (χ0v) is 17.9. The number of hydrogen-bond acceptors (Lipinski definition) is 8. The lowest BCUT2D eigenvalue weighted by Gasteiger charge is -2.23. The van der Waals surface area contributed by atoms with Gasteiger partial charge in [-0.25, -0.2) is 19.2 Å². The first kappa shape index (κ1) is 21.4. The van der Waals surface area contributed by atoms with E-state index in [0.717, 1.165) is 0 Å². The Labute approximate surface area is 184 Å². The monoisotopic (exact) mass is 438 g/mol. The largest absolute Gasteiger partial charge is 0.447 e. The first-order valence-corrected chi connectivity index (χ1v) is 10.2. The Morgan fingerprint density at radius 3 is 2.59 bits per heavy atom. The number of nitrogens with one attached hydrogen (secondary N) is 1. The van der Waals surface area contributed by atoms with Crippen molar-refractivity contribution in [3.05, 3.63) is 60.4 Å². The first-order valence-electron chi connectivity index (χ1n) is 10.2. The van der Waals surface area contributed by atoms with Gasteiger partial charge in [-0.1, -0.05) is 13.8 Å². The molecule has 0 radical (unpaired) electrons. The highest BCUT2D eigenvalue weighted by Gasteiger charge is 2.37. The van der Waals surface area contributed by atoms with E-state index in [1.54, 1.807) is 29.4 Å². The molecule has 1 aliphatic heterocycles. The molecule has 1 N–H and O–H groups in total. The second-order valence-corrected chi connectivity index (χ2v) is 7.67. The molecule has 1 aliphatic rings. The number of nitrogens with zero attached hydrogens (tertiary/aromatic N) is 5. The van der Waals surface area contributed by atoms with Crippen molar-refractivity contribution in [3.8, 4) is 11.6 Å². The summed E-state index contributed by atoms with van der Waals surface area (Å²) in [5.74, 6) is 1.90. The molecule has 1 amide bonds. The van der Waals surface area contributed by atoms with Gasteiger partial charge in [0.25, 0.3) is 0 Å². The van der Waals surface area contributed by atoms with Gasteiger partial charge in [0.15, 0.2) is 5.82 Å². The number of halogens is 1. The molecule has 2 aromatic heterocycles. The lowest BCUT2D eigenvalue weighted by atomic mass is 10.0. The van der Waals surface area contributed by atoms with Crippen molar-refractivity contribution in [2.45, 2.75) is 32.9 Å². The van der Waals surface area contributed by atoms with Crippen LogP contribution in [0.3, 0.4) is 0 Å². The van der Waals surface area contributed by atoms with E-state index in [2.05, 4.69) is 25.3 Å². The minimum Gasteiger partial charge on any atom is -0.447 e. The molecule has 10 heteroatoms. The van der Waals surface area contributed by atoms with Gasteiger partial charge in [-0.05, 0) is 43.2 Å². The van der Waals surface area contributed by atoms with Crippen molar-refractivity contribution in [1.29, 1.82) is 0 Å². The topological polar surface area (TPSA) is 102 Å². The quantitative estimate of drug-likeness (QED) is 0.581. The molecule has 166 valence electrons. The van der Waals surface area contributed by atoms with E-state index in [4.69, 9.17) is 9.47 Å². The standard InChI is InChI=1S/C22H23FN6O3/c1-13(2)17-12-31-22(30)29(17)18-8-10-25-21(27-18)26-14(3)20-24-11-9-19(28-20)32-16-6-4-15(23)5-7-16/h4-11,13-14,17H,12H2,1-3H3,(H,25,26,27)/t14?,17-/m1/s1. The summed E-state index contributed by atoms with van der Waals surface area (Å²) in [6.45, 7) is 6.24. The van der Waals surface area contributed by atoms with E-state index in [0.29, 0.717) is 35.8 Å². The molecule has 1 unspecified atom stereocenters. The molecule has 0 bridgehead atoms. The van der Waals surface area contributed by atoms with E-state index in [1.165, 1.54) is 24.3 Å². The van der Waals surface area contributed by atoms with Gasteiger partial charge in [0, 0.05) is 18.5 Å². The van der Waals surface area contributed by atoms with Crippen molar-refractivity contribution in [1.82, 2.24) is 19.9 Å². The molecule has 9 nitrogen and oxygen atoms in total. The Morgan fingerprint density at radius 2 is 1.84 bits per heavy atom. The summed E-state index contributed by atoms with van der Waals surface area (Å²) in [7, 11) is 0. The van der Waals surface area contributed by atoms with Crippen LogP contribution in [0.4, 0.5) is 21.0 Å². The molecule has 3 aromatic rings. The summed E-state index contributed by atoms with van der Waals surface area (Å²) in [6, 6.07) is 8.50. The molecule has 0 spiro atoms. The number of aromatic nitrogens is 4. The van der Waals surface area contributed by atoms with Gasteiger partial charge >= 0.3 is 6.09 Å². The van der Waals surface area contributed by atoms with E-state index < -0.39 is 6.09 Å². The number of carbonyl (C=O) groups is 1. The maximum absolute atomic E-state index is 13.1. The number of benzene rings is 1. The van der Waals surface area contributed by atoms with E-state index in [-0.39, 0.29) is 23.8 Å². The second-order valence-electron chi connectivity index (χ2n) is 7.67. The number of amides is 1. The molecule has 4 rings (SSSR count). The van der Waals surface area contributed by atoms with Gasteiger partial charge in [0.1, 0.15) is 24.0 Å². The number of anilines is 2. The Morgan fingerprint density at radius 1 is 1.09 bits per heavy atom. The minimum atomic E-state index is -0.421. The fraction of sp³-hybridized carbons (Fsp3) is 0.318. The fourth-order valence-electron chi connectivity index (χ4n) is 3.25. The van der Waals surface area contributed by atoms with Crippen LogP contribution in [0.25, 0.3) is 0 Å². The van der Waals surface area contributed by atoms with Crippen LogP contribution in [-0.4, -0.2) is 38.7 Å². The Balaban J connectivity index is 1.48. The fourth-order valence-corrected chi connectivity index (χ4v) is 3.25. The third-order valence-corrected chi connectivity index (χ3v) is 4.98. The first-order chi connectivity index (χ1) is 15.4. The van der Waals surface area contributed by atoms with Gasteiger partial charge in [-0.15, -0.1) is 0 Å². The van der Waals surface area contributed by atoms with Crippen LogP contribution in [-0.2, 0) is 4.74 Å². The van der Waals surface area contributed by atoms with Crippen LogP contribution in [0.2, 0.25) is 0 Å². The smallest absolute Gasteiger partial charge is 0.415 e. The van der Waals surface area contributed by atoms with Crippen molar-refractivity contribution in [3.63, 3.8) is 0 Å². The summed E-state index contributed by atoms with van der Waals surface area (Å²) >= 11 is 0. The van der Waals surface area contributed by atoms with Crippen LogP contribution in [0.1, 0.15) is 32.6 Å². The highest BCUT2D eigenvalue weighted by Crippen LogP contribution is 2.27. The number of hydrogen-bond donors (Lipinski definition) is 1. The highest BCUT2D eigenvalue weighted by atomic mass is 19.1. The number of carbonyl (C=O) groups excluding carboxylic acids is 1. The van der Waals surface area contributed by atoms with Gasteiger partial charge < -0.3 is 14.8 Å². The highest BCUT2D eigenvalue weighted by molar-refractivity contribution is 5.89. The van der Waals surface area contributed by atoms with Gasteiger partial charge in [0.05, 0.1) is 12.1 Å². The van der Waals surface area contributed by atoms with Crippen LogP contribution < -0.4 is 15.0 Å². The lowest BCUT2D eigenvalue weighted by Crippen LogP contribution is -2.37. The van der Waals surface area contributed by atoms with Gasteiger partial charge in [-0.3, -0.25) is 4.90 Å². The van der Waals surface area contributed by atoms with Crippen molar-refractivity contribution >= 4 is 17.9 Å². The summed E-state index contributed by atoms with van der Waals surface area (Å²) in [5.41, 5.74) is 0. The summed E-state index contributed by atoms with van der Waals surface area (Å²) in [6.07, 6.45) is 2.73. The van der Waals surface area contributed by atoms with Crippen molar-refractivity contribution in [2.24, 2.45) is 5.92 Å². The summed E-state index contributed by atoms with van der Waals surface area (Å²) < 4.78 is 24.0. The van der Waals surface area contributed by atoms with E-state index in [9.17, 15) is 9.18 Å². The zero-order valence-electron chi connectivity index (χ0n) is 17.9. The molecule has 0 saturated carbocycles. The van der Waals surface area contributed by atoms with Crippen molar-refractivity contribution in [2.75, 3.05) is 16.8 Å². The molecule has 32 heavy (non-hydrogen) atoms. The Bertz CT molecular complexity index is 1100. The Hall–Kier alpha value is -3.82. The van der Waals surface area contributed by atoms with Gasteiger partial charge in [-0.2, -0.15) is 9.97 Å². The average molecular weight is 438 g/mol. The number of ether oxygens (including phenoxy) is 2. The molecular formula is C22H23FN6O3. The molecule has 1 fully saturated rings. The van der Waals surface area contributed by atoms with Crippen molar-refractivity contribution < 1.29 is 18.7 Å². The second kappa shape index (κ2) is 9.13. The summed E-state index contributed by atoms with van der Waals surface area (Å²) in [5, 5.41) is 3.15. The minimum absolute atomic E-state index is 0.0914. The SMILES string of the molecule is CC(Nc1nccc(N2C(=O)OC[C@@H]2C(C)C)n1)c1nccc(Oc2ccc(F)cc2)n1. The maximum Gasteiger partial charge on any atom is 0.415 e. The van der Waals surface area contributed by atoms with Crippen LogP contribution in [0.5, 0.6) is 11.6 Å². The molecule has 3 heterocycles. The molecule has 1 saturated heterocycles. The van der Waals surface area contributed by atoms with Crippen LogP contribution in [0, 0.1) is 11.7 Å². The maximum atomic E-state index is 13.1.